The van der Waals surface area contributed by atoms with Crippen molar-refractivity contribution in [2.45, 2.75) is 39.2 Å². The van der Waals surface area contributed by atoms with Crippen LogP contribution >= 0.6 is 0 Å². The minimum absolute atomic E-state index is 0.0766. The molecule has 0 bridgehead atoms. The van der Waals surface area contributed by atoms with Crippen molar-refractivity contribution in [2.75, 3.05) is 5.32 Å². The van der Waals surface area contributed by atoms with Crippen molar-refractivity contribution in [1.29, 1.82) is 0 Å². The van der Waals surface area contributed by atoms with Gasteiger partial charge in [0.2, 0.25) is 5.91 Å². The molecule has 0 aliphatic heterocycles. The molecule has 4 rings (SSSR count). The fourth-order valence-electron chi connectivity index (χ4n) is 4.46. The van der Waals surface area contributed by atoms with Gasteiger partial charge in [-0.2, -0.15) is 0 Å². The van der Waals surface area contributed by atoms with E-state index in [0.717, 1.165) is 22.2 Å². The minimum Gasteiger partial charge on any atom is -0.480 e. The standard InChI is InChI=1S/C23H23FN2O3/c1-2-23(22(29)25-16-9-7-15(24)8-10-16)12-11-20-18(13-23)17-5-3-4-6-19(17)26(20)14-21(27)28/h3-10H,2,11-14H2,1H3,(H,25,29)(H,27,28). The first kappa shape index (κ1) is 19.2. The number of amides is 1. The Morgan fingerprint density at radius 1 is 1.17 bits per heavy atom. The number of para-hydroxylation sites is 1. The van der Waals surface area contributed by atoms with E-state index in [9.17, 15) is 19.1 Å². The van der Waals surface area contributed by atoms with Gasteiger partial charge in [-0.25, -0.2) is 4.39 Å². The molecule has 0 radical (unpaired) electrons. The number of carboxylic acid groups (broad SMARTS) is 1. The number of nitrogens with one attached hydrogen (secondary N) is 1. The van der Waals surface area contributed by atoms with Crippen LogP contribution in [0.4, 0.5) is 10.1 Å². The zero-order chi connectivity index (χ0) is 20.6. The highest BCUT2D eigenvalue weighted by Gasteiger charge is 2.42. The van der Waals surface area contributed by atoms with Gasteiger partial charge in [-0.1, -0.05) is 25.1 Å². The van der Waals surface area contributed by atoms with Gasteiger partial charge in [-0.15, -0.1) is 0 Å². The second-order valence-corrected chi connectivity index (χ2v) is 7.69. The number of carbonyl (C=O) groups excluding carboxylic acids is 1. The Labute approximate surface area is 168 Å². The number of carbonyl (C=O) groups is 2. The fourth-order valence-corrected chi connectivity index (χ4v) is 4.46. The largest absolute Gasteiger partial charge is 0.480 e. The Morgan fingerprint density at radius 3 is 2.59 bits per heavy atom. The molecule has 1 heterocycles. The summed E-state index contributed by atoms with van der Waals surface area (Å²) in [4.78, 5) is 24.6. The van der Waals surface area contributed by atoms with Crippen LogP contribution in [0.1, 0.15) is 31.0 Å². The molecule has 0 spiro atoms. The van der Waals surface area contributed by atoms with Gasteiger partial charge >= 0.3 is 5.97 Å². The molecule has 150 valence electrons. The molecule has 29 heavy (non-hydrogen) atoms. The first-order valence-electron chi connectivity index (χ1n) is 9.81. The second-order valence-electron chi connectivity index (χ2n) is 7.69. The van der Waals surface area contributed by atoms with Crippen molar-refractivity contribution in [3.8, 4) is 0 Å². The first-order chi connectivity index (χ1) is 13.9. The number of hydrogen-bond donors (Lipinski definition) is 2. The predicted octanol–water partition coefficient (Wildman–Crippen LogP) is 4.39. The zero-order valence-electron chi connectivity index (χ0n) is 16.2. The van der Waals surface area contributed by atoms with Crippen molar-refractivity contribution >= 4 is 28.5 Å². The number of aromatic nitrogens is 1. The Bertz CT molecular complexity index is 1090. The minimum atomic E-state index is -0.880. The van der Waals surface area contributed by atoms with Crippen LogP contribution in [0.25, 0.3) is 10.9 Å². The lowest BCUT2D eigenvalue weighted by Crippen LogP contribution is -2.40. The van der Waals surface area contributed by atoms with Crippen LogP contribution < -0.4 is 5.32 Å². The Morgan fingerprint density at radius 2 is 1.90 bits per heavy atom. The summed E-state index contributed by atoms with van der Waals surface area (Å²) in [5.74, 6) is -1.30. The molecule has 2 N–H and O–H groups in total. The third kappa shape index (κ3) is 3.39. The van der Waals surface area contributed by atoms with Gasteiger partial charge in [0, 0.05) is 22.3 Å². The lowest BCUT2D eigenvalue weighted by Gasteiger charge is -2.35. The first-order valence-corrected chi connectivity index (χ1v) is 9.81. The monoisotopic (exact) mass is 394 g/mol. The third-order valence-electron chi connectivity index (χ3n) is 6.10. The van der Waals surface area contributed by atoms with E-state index in [0.29, 0.717) is 31.4 Å². The van der Waals surface area contributed by atoms with E-state index in [1.165, 1.54) is 12.1 Å². The van der Waals surface area contributed by atoms with E-state index in [2.05, 4.69) is 5.32 Å². The van der Waals surface area contributed by atoms with Crippen LogP contribution in [-0.4, -0.2) is 21.6 Å². The van der Waals surface area contributed by atoms with Crippen molar-refractivity contribution in [1.82, 2.24) is 4.57 Å². The van der Waals surface area contributed by atoms with E-state index in [-0.39, 0.29) is 18.3 Å². The molecule has 5 nitrogen and oxygen atoms in total. The zero-order valence-corrected chi connectivity index (χ0v) is 16.2. The molecule has 2 aromatic carbocycles. The summed E-state index contributed by atoms with van der Waals surface area (Å²) >= 11 is 0. The summed E-state index contributed by atoms with van der Waals surface area (Å²) in [6.07, 6.45) is 2.50. The average Bonchev–Trinajstić information content (AvgIpc) is 3.02. The lowest BCUT2D eigenvalue weighted by atomic mass is 9.70. The van der Waals surface area contributed by atoms with E-state index in [4.69, 9.17) is 0 Å². The van der Waals surface area contributed by atoms with E-state index in [1.54, 1.807) is 12.1 Å². The quantitative estimate of drug-likeness (QED) is 0.674. The summed E-state index contributed by atoms with van der Waals surface area (Å²) in [5.41, 5.74) is 2.95. The van der Waals surface area contributed by atoms with Crippen LogP contribution in [0, 0.1) is 11.2 Å². The van der Waals surface area contributed by atoms with Crippen LogP contribution in [-0.2, 0) is 29.0 Å². The van der Waals surface area contributed by atoms with E-state index in [1.807, 2.05) is 35.8 Å². The Balaban J connectivity index is 1.71. The SMILES string of the molecule is CCC1(C(=O)Nc2ccc(F)cc2)CCc2c(c3ccccc3n2CC(=O)O)C1. The Hall–Kier alpha value is -3.15. The molecule has 0 saturated heterocycles. The van der Waals surface area contributed by atoms with Crippen molar-refractivity contribution < 1.29 is 19.1 Å². The molecule has 0 saturated carbocycles. The molecule has 6 heteroatoms. The molecular weight excluding hydrogens is 371 g/mol. The number of nitrogens with zero attached hydrogens (tertiary/aromatic N) is 1. The van der Waals surface area contributed by atoms with Crippen molar-refractivity contribution in [2.24, 2.45) is 5.41 Å². The lowest BCUT2D eigenvalue weighted by molar-refractivity contribution is -0.137. The van der Waals surface area contributed by atoms with E-state index >= 15 is 0 Å². The van der Waals surface area contributed by atoms with Gasteiger partial charge in [-0.3, -0.25) is 9.59 Å². The Kier molecular flexibility index (Phi) is 4.86. The smallest absolute Gasteiger partial charge is 0.323 e. The maximum absolute atomic E-state index is 13.2. The number of halogens is 1. The summed E-state index contributed by atoms with van der Waals surface area (Å²) in [7, 11) is 0. The molecule has 0 fully saturated rings. The van der Waals surface area contributed by atoms with Crippen molar-refractivity contribution in [3.05, 3.63) is 65.6 Å². The average molecular weight is 394 g/mol. The molecule has 1 aliphatic carbocycles. The predicted molar refractivity (Wildman–Crippen MR) is 109 cm³/mol. The highest BCUT2D eigenvalue weighted by molar-refractivity contribution is 5.97. The highest BCUT2D eigenvalue weighted by atomic mass is 19.1. The van der Waals surface area contributed by atoms with E-state index < -0.39 is 11.4 Å². The summed E-state index contributed by atoms with van der Waals surface area (Å²) in [5, 5.41) is 13.3. The number of rotatable bonds is 5. The van der Waals surface area contributed by atoms with Crippen LogP contribution in [0.15, 0.2) is 48.5 Å². The molecular formula is C23H23FN2O3. The summed E-state index contributed by atoms with van der Waals surface area (Å²) < 4.78 is 15.0. The van der Waals surface area contributed by atoms with Crippen LogP contribution in [0.5, 0.6) is 0 Å². The maximum Gasteiger partial charge on any atom is 0.323 e. The summed E-state index contributed by atoms with van der Waals surface area (Å²) in [6, 6.07) is 13.5. The summed E-state index contributed by atoms with van der Waals surface area (Å²) in [6.45, 7) is 1.92. The number of hydrogen-bond acceptors (Lipinski definition) is 2. The highest BCUT2D eigenvalue weighted by Crippen LogP contribution is 2.43. The van der Waals surface area contributed by atoms with Gasteiger partial charge in [0.05, 0.1) is 5.41 Å². The fraction of sp³-hybridized carbons (Fsp3) is 0.304. The molecule has 1 atom stereocenters. The number of anilines is 1. The normalized spacial score (nSPS) is 18.4. The molecule has 3 aromatic rings. The van der Waals surface area contributed by atoms with Crippen LogP contribution in [0.2, 0.25) is 0 Å². The van der Waals surface area contributed by atoms with Gasteiger partial charge in [-0.05, 0) is 61.6 Å². The second kappa shape index (κ2) is 7.35. The number of benzene rings is 2. The molecule has 1 unspecified atom stereocenters. The molecule has 1 aliphatic rings. The maximum atomic E-state index is 13.2. The number of carboxylic acids is 1. The molecule has 1 aromatic heterocycles. The third-order valence-corrected chi connectivity index (χ3v) is 6.10. The van der Waals surface area contributed by atoms with Crippen molar-refractivity contribution in [3.63, 3.8) is 0 Å². The topological polar surface area (TPSA) is 71.3 Å². The van der Waals surface area contributed by atoms with Gasteiger partial charge < -0.3 is 15.0 Å². The number of aliphatic carboxylic acids is 1. The number of fused-ring (bicyclic) bond motifs is 3. The van der Waals surface area contributed by atoms with Crippen LogP contribution in [0.3, 0.4) is 0 Å². The van der Waals surface area contributed by atoms with Gasteiger partial charge in [0.1, 0.15) is 12.4 Å². The van der Waals surface area contributed by atoms with Gasteiger partial charge in [0.15, 0.2) is 0 Å². The van der Waals surface area contributed by atoms with Gasteiger partial charge in [0.25, 0.3) is 0 Å². The molecule has 1 amide bonds.